The van der Waals surface area contributed by atoms with Crippen molar-refractivity contribution in [3.8, 4) is 0 Å². The number of hydrogen-bond acceptors (Lipinski definition) is 8. The van der Waals surface area contributed by atoms with Gasteiger partial charge in [-0.3, -0.25) is 20.2 Å². The molecule has 132 valence electrons. The van der Waals surface area contributed by atoms with Gasteiger partial charge < -0.3 is 16.2 Å². The zero-order valence-corrected chi connectivity index (χ0v) is 13.3. The average Bonchev–Trinajstić information content (AvgIpc) is 2.52. The van der Waals surface area contributed by atoms with Crippen molar-refractivity contribution in [1.82, 2.24) is 0 Å². The molecule has 0 aliphatic rings. The molecule has 0 aliphatic carbocycles. The van der Waals surface area contributed by atoms with Gasteiger partial charge in [-0.05, 0) is 24.5 Å². The van der Waals surface area contributed by atoms with Gasteiger partial charge in [0.25, 0.3) is 0 Å². The highest BCUT2D eigenvalue weighted by molar-refractivity contribution is 5.79. The number of rotatable bonds is 9. The van der Waals surface area contributed by atoms with Gasteiger partial charge in [0.05, 0.1) is 9.85 Å². The normalized spacial score (nSPS) is 11.1. The molecule has 0 unspecified atom stereocenters. The van der Waals surface area contributed by atoms with E-state index in [0.717, 1.165) is 25.0 Å². The lowest BCUT2D eigenvalue weighted by Gasteiger charge is -2.22. The van der Waals surface area contributed by atoms with Gasteiger partial charge in [-0.15, -0.1) is 0 Å². The summed E-state index contributed by atoms with van der Waals surface area (Å²) < 4.78 is 4.98. The van der Waals surface area contributed by atoms with Crippen LogP contribution in [0.15, 0.2) is 18.2 Å². The van der Waals surface area contributed by atoms with E-state index < -0.39 is 32.9 Å². The molecule has 10 heteroatoms. The lowest BCUT2D eigenvalue weighted by Crippen LogP contribution is -2.57. The Morgan fingerprint density at radius 3 is 2.33 bits per heavy atom. The second-order valence-corrected chi connectivity index (χ2v) is 5.41. The number of unbranched alkanes of at least 4 members (excludes halogenated alkanes) is 2. The molecule has 0 bridgehead atoms. The Balaban J connectivity index is 2.77. The molecule has 0 heterocycles. The van der Waals surface area contributed by atoms with Crippen molar-refractivity contribution in [3.63, 3.8) is 0 Å². The molecular weight excluding hydrogens is 320 g/mol. The first-order chi connectivity index (χ1) is 11.2. The second-order valence-electron chi connectivity index (χ2n) is 5.41. The summed E-state index contributed by atoms with van der Waals surface area (Å²) in [7, 11) is 0. The number of nitrogens with two attached hydrogens (primary N) is 2. The predicted octanol–water partition coefficient (Wildman–Crippen LogP) is 1.74. The minimum Gasteiger partial charge on any atom is -0.458 e. The molecule has 0 fully saturated rings. The Labute approximate surface area is 138 Å². The number of carbonyl (C=O) groups excluding carboxylic acids is 1. The second kappa shape index (κ2) is 8.31. The highest BCUT2D eigenvalue weighted by Gasteiger charge is 2.31. The molecule has 4 N–H and O–H groups in total. The third-order valence-corrected chi connectivity index (χ3v) is 3.38. The molecule has 0 radical (unpaired) electrons. The van der Waals surface area contributed by atoms with E-state index in [1.165, 1.54) is 6.07 Å². The van der Waals surface area contributed by atoms with Crippen LogP contribution in [0.2, 0.25) is 0 Å². The van der Waals surface area contributed by atoms with Crippen molar-refractivity contribution in [3.05, 3.63) is 44.0 Å². The van der Waals surface area contributed by atoms with E-state index in [2.05, 4.69) is 0 Å². The molecule has 0 saturated heterocycles. The highest BCUT2D eigenvalue weighted by atomic mass is 16.6. The largest absolute Gasteiger partial charge is 0.458 e. The van der Waals surface area contributed by atoms with Gasteiger partial charge in [-0.2, -0.15) is 0 Å². The van der Waals surface area contributed by atoms with Crippen molar-refractivity contribution in [2.75, 3.05) is 0 Å². The molecular formula is C14H20N4O6. The van der Waals surface area contributed by atoms with Crippen LogP contribution in [0.25, 0.3) is 0 Å². The van der Waals surface area contributed by atoms with Gasteiger partial charge in [0.2, 0.25) is 0 Å². The lowest BCUT2D eigenvalue weighted by atomic mass is 10.0. The summed E-state index contributed by atoms with van der Waals surface area (Å²) in [6.45, 7) is 1.68. The Kier molecular flexibility index (Phi) is 6.74. The maximum Gasteiger partial charge on any atom is 0.346 e. The predicted molar refractivity (Wildman–Crippen MR) is 84.8 cm³/mol. The van der Waals surface area contributed by atoms with Crippen LogP contribution in [0.4, 0.5) is 11.4 Å². The standard InChI is InChI=1S/C14H20N4O6/c1-2-3-4-7-14(15,16)13(19)24-9-10-5-6-11(17(20)21)12(8-10)18(22)23/h5-6,8H,2-4,7,9,15-16H2,1H3. The summed E-state index contributed by atoms with van der Waals surface area (Å²) in [5.74, 6) is -0.834. The number of hydrogen-bond donors (Lipinski definition) is 2. The van der Waals surface area contributed by atoms with E-state index in [0.29, 0.717) is 6.42 Å². The molecule has 0 amide bonds. The van der Waals surface area contributed by atoms with Crippen molar-refractivity contribution in [2.24, 2.45) is 11.5 Å². The molecule has 0 spiro atoms. The smallest absolute Gasteiger partial charge is 0.346 e. The minimum atomic E-state index is -1.64. The van der Waals surface area contributed by atoms with E-state index in [-0.39, 0.29) is 18.6 Å². The summed E-state index contributed by atoms with van der Waals surface area (Å²) >= 11 is 0. The fraction of sp³-hybridized carbons (Fsp3) is 0.500. The number of nitro groups is 2. The molecule has 0 aromatic heterocycles. The van der Waals surface area contributed by atoms with Crippen molar-refractivity contribution in [1.29, 1.82) is 0 Å². The van der Waals surface area contributed by atoms with E-state index in [4.69, 9.17) is 16.2 Å². The number of carbonyl (C=O) groups is 1. The number of nitro benzene ring substituents is 2. The first kappa shape index (κ1) is 19.5. The summed E-state index contributed by atoms with van der Waals surface area (Å²) in [4.78, 5) is 31.8. The van der Waals surface area contributed by atoms with Crippen LogP contribution in [-0.4, -0.2) is 21.5 Å². The van der Waals surface area contributed by atoms with Crippen LogP contribution >= 0.6 is 0 Å². The van der Waals surface area contributed by atoms with Gasteiger partial charge in [0, 0.05) is 12.1 Å². The monoisotopic (exact) mass is 340 g/mol. The molecule has 10 nitrogen and oxygen atoms in total. The quantitative estimate of drug-likeness (QED) is 0.225. The molecule has 0 atom stereocenters. The molecule has 24 heavy (non-hydrogen) atoms. The molecule has 1 aromatic rings. The van der Waals surface area contributed by atoms with Gasteiger partial charge in [0.15, 0.2) is 5.66 Å². The number of benzene rings is 1. The minimum absolute atomic E-state index is 0.227. The maximum absolute atomic E-state index is 11.9. The van der Waals surface area contributed by atoms with Crippen molar-refractivity contribution >= 4 is 17.3 Å². The average molecular weight is 340 g/mol. The van der Waals surface area contributed by atoms with Crippen LogP contribution in [0, 0.1) is 20.2 Å². The fourth-order valence-electron chi connectivity index (χ4n) is 2.01. The zero-order chi connectivity index (χ0) is 18.3. The van der Waals surface area contributed by atoms with Crippen LogP contribution in [0.1, 0.15) is 38.2 Å². The zero-order valence-electron chi connectivity index (χ0n) is 13.3. The Morgan fingerprint density at radius 1 is 1.17 bits per heavy atom. The van der Waals surface area contributed by atoms with Crippen molar-refractivity contribution in [2.45, 2.75) is 44.9 Å². The third-order valence-electron chi connectivity index (χ3n) is 3.38. The van der Waals surface area contributed by atoms with Crippen LogP contribution in [0.5, 0.6) is 0 Å². The Bertz CT molecular complexity index is 632. The summed E-state index contributed by atoms with van der Waals surface area (Å²) in [6.07, 6.45) is 2.73. The number of ether oxygens (including phenoxy) is 1. The lowest BCUT2D eigenvalue weighted by molar-refractivity contribution is -0.422. The van der Waals surface area contributed by atoms with E-state index >= 15 is 0 Å². The van der Waals surface area contributed by atoms with Crippen molar-refractivity contribution < 1.29 is 19.4 Å². The summed E-state index contributed by atoms with van der Waals surface area (Å²) in [6, 6.07) is 3.24. The Morgan fingerprint density at radius 2 is 1.79 bits per heavy atom. The fourth-order valence-corrected chi connectivity index (χ4v) is 2.01. The van der Waals surface area contributed by atoms with Crippen LogP contribution < -0.4 is 11.5 Å². The van der Waals surface area contributed by atoms with E-state index in [1.54, 1.807) is 0 Å². The number of esters is 1. The first-order valence-corrected chi connectivity index (χ1v) is 7.35. The SMILES string of the molecule is CCCCCC(N)(N)C(=O)OCc1ccc([N+](=O)[O-])c([N+](=O)[O-])c1. The third kappa shape index (κ3) is 5.25. The molecule has 0 aliphatic heterocycles. The van der Waals surface area contributed by atoms with Gasteiger partial charge in [-0.25, -0.2) is 4.79 Å². The molecule has 1 rings (SSSR count). The van der Waals surface area contributed by atoms with E-state index in [1.807, 2.05) is 6.92 Å². The van der Waals surface area contributed by atoms with E-state index in [9.17, 15) is 25.0 Å². The first-order valence-electron chi connectivity index (χ1n) is 7.35. The Hall–Kier alpha value is -2.59. The van der Waals surface area contributed by atoms with Gasteiger partial charge in [-0.1, -0.05) is 19.8 Å². The summed E-state index contributed by atoms with van der Waals surface area (Å²) in [5.41, 5.74) is 8.70. The van der Waals surface area contributed by atoms with Gasteiger partial charge >= 0.3 is 17.3 Å². The molecule has 1 aromatic carbocycles. The summed E-state index contributed by atoms with van der Waals surface area (Å²) in [5, 5.41) is 21.6. The number of nitrogens with zero attached hydrogens (tertiary/aromatic N) is 2. The maximum atomic E-state index is 11.9. The van der Waals surface area contributed by atoms with Crippen LogP contribution in [-0.2, 0) is 16.1 Å². The highest BCUT2D eigenvalue weighted by Crippen LogP contribution is 2.27. The topological polar surface area (TPSA) is 165 Å². The van der Waals surface area contributed by atoms with Gasteiger partial charge in [0.1, 0.15) is 6.61 Å². The van der Waals surface area contributed by atoms with Crippen LogP contribution in [0.3, 0.4) is 0 Å². The molecule has 0 saturated carbocycles.